The maximum absolute atomic E-state index is 14.2. The van der Waals surface area contributed by atoms with Gasteiger partial charge in [0, 0.05) is 30.9 Å². The van der Waals surface area contributed by atoms with Gasteiger partial charge in [0.1, 0.15) is 17.2 Å². The van der Waals surface area contributed by atoms with E-state index in [1.165, 1.54) is 23.8 Å². The van der Waals surface area contributed by atoms with Crippen molar-refractivity contribution in [2.24, 2.45) is 5.92 Å². The topological polar surface area (TPSA) is 91.6 Å². The van der Waals surface area contributed by atoms with E-state index in [4.69, 9.17) is 0 Å². The zero-order valence-electron chi connectivity index (χ0n) is 16.8. The maximum atomic E-state index is 14.2. The first-order valence-corrected chi connectivity index (χ1v) is 10.3. The molecule has 1 saturated carbocycles. The van der Waals surface area contributed by atoms with Crippen LogP contribution in [-0.4, -0.2) is 38.5 Å². The molecule has 3 atom stereocenters. The molecule has 3 heterocycles. The Bertz CT molecular complexity index is 1190. The molecule has 0 radical (unpaired) electrons. The van der Waals surface area contributed by atoms with E-state index >= 15 is 0 Å². The molecule has 2 N–H and O–H groups in total. The number of carbonyl (C=O) groups excluding carboxylic acids is 2. The maximum Gasteiger partial charge on any atom is 0.275 e. The highest BCUT2D eigenvalue weighted by molar-refractivity contribution is 5.99. The lowest BCUT2D eigenvalue weighted by Crippen LogP contribution is -2.52. The minimum atomic E-state index is -0.981. The van der Waals surface area contributed by atoms with E-state index in [1.807, 2.05) is 0 Å². The average molecular weight is 429 g/mol. The Balaban J connectivity index is 1.45. The summed E-state index contributed by atoms with van der Waals surface area (Å²) in [5, 5.41) is 12.8. The summed E-state index contributed by atoms with van der Waals surface area (Å²) in [5.41, 5.74) is -1.56. The van der Waals surface area contributed by atoms with E-state index in [0.717, 1.165) is 25.3 Å². The summed E-state index contributed by atoms with van der Waals surface area (Å²) < 4.78 is 29.6. The van der Waals surface area contributed by atoms with Crippen LogP contribution in [0.4, 0.5) is 8.78 Å². The second kappa shape index (κ2) is 6.90. The van der Waals surface area contributed by atoms with Gasteiger partial charge in [0.2, 0.25) is 5.43 Å². The molecule has 0 spiro atoms. The first-order chi connectivity index (χ1) is 14.8. The van der Waals surface area contributed by atoms with Gasteiger partial charge < -0.3 is 19.9 Å². The monoisotopic (exact) mass is 429 g/mol. The second-order valence-corrected chi connectivity index (χ2v) is 8.57. The molecule has 7 nitrogen and oxygen atoms in total. The average Bonchev–Trinajstić information content (AvgIpc) is 3.35. The number of pyridine rings is 1. The number of rotatable bonds is 3. The third kappa shape index (κ3) is 2.86. The summed E-state index contributed by atoms with van der Waals surface area (Å²) in [6.07, 6.45) is 4.12. The molecule has 0 unspecified atom stereocenters. The number of nitrogens with one attached hydrogen (secondary N) is 1. The summed E-state index contributed by atoms with van der Waals surface area (Å²) in [6, 6.07) is 2.51. The van der Waals surface area contributed by atoms with Crippen LogP contribution in [0.3, 0.4) is 0 Å². The Labute approximate surface area is 176 Å². The van der Waals surface area contributed by atoms with Crippen molar-refractivity contribution in [1.29, 1.82) is 0 Å². The molecule has 1 aromatic carbocycles. The van der Waals surface area contributed by atoms with Crippen molar-refractivity contribution in [3.63, 3.8) is 0 Å². The summed E-state index contributed by atoms with van der Waals surface area (Å²) >= 11 is 0. The fourth-order valence-corrected chi connectivity index (χ4v) is 5.29. The molecule has 1 aromatic heterocycles. The molecular formula is C22H21F2N3O4. The van der Waals surface area contributed by atoms with Crippen molar-refractivity contribution in [3.8, 4) is 5.75 Å². The number of carbonyl (C=O) groups is 2. The van der Waals surface area contributed by atoms with E-state index in [-0.39, 0.29) is 34.5 Å². The van der Waals surface area contributed by atoms with E-state index in [1.54, 1.807) is 4.90 Å². The van der Waals surface area contributed by atoms with Gasteiger partial charge in [-0.2, -0.15) is 0 Å². The van der Waals surface area contributed by atoms with Gasteiger partial charge in [-0.05, 0) is 43.7 Å². The third-order valence-corrected chi connectivity index (χ3v) is 6.87. The minimum Gasteiger partial charge on any atom is -0.503 e. The lowest BCUT2D eigenvalue weighted by molar-refractivity contribution is 0.0482. The van der Waals surface area contributed by atoms with Crippen molar-refractivity contribution in [2.75, 3.05) is 0 Å². The van der Waals surface area contributed by atoms with E-state index in [0.29, 0.717) is 12.5 Å². The SMILES string of the molecule is Cc1ccc(F)c(CNC(=O)c2cn3c(c(O)c2=O)C(=O)N2[C@H]4CC[C@H](C4)[C@@H]2C3)c1F. The molecule has 9 heteroatoms. The summed E-state index contributed by atoms with van der Waals surface area (Å²) in [6.45, 7) is 1.40. The fraction of sp³-hybridized carbons (Fsp3) is 0.409. The Morgan fingerprint density at radius 2 is 2.03 bits per heavy atom. The van der Waals surface area contributed by atoms with Gasteiger partial charge in [0.05, 0.1) is 6.04 Å². The third-order valence-electron chi connectivity index (χ3n) is 6.87. The van der Waals surface area contributed by atoms with Crippen LogP contribution in [0.5, 0.6) is 5.75 Å². The number of benzene rings is 1. The van der Waals surface area contributed by atoms with Crippen LogP contribution < -0.4 is 10.7 Å². The van der Waals surface area contributed by atoms with Gasteiger partial charge in [-0.25, -0.2) is 8.78 Å². The lowest BCUT2D eigenvalue weighted by atomic mass is 9.95. The Kier molecular flexibility index (Phi) is 4.39. The predicted molar refractivity (Wildman–Crippen MR) is 106 cm³/mol. The van der Waals surface area contributed by atoms with Crippen LogP contribution in [0, 0.1) is 24.5 Å². The summed E-state index contributed by atoms with van der Waals surface area (Å²) in [4.78, 5) is 40.0. The summed E-state index contributed by atoms with van der Waals surface area (Å²) in [5.74, 6) is -3.25. The van der Waals surface area contributed by atoms with Crippen LogP contribution >= 0.6 is 0 Å². The first-order valence-electron chi connectivity index (χ1n) is 10.3. The molecule has 2 aliphatic heterocycles. The van der Waals surface area contributed by atoms with Crippen molar-refractivity contribution in [3.05, 3.63) is 62.6 Å². The van der Waals surface area contributed by atoms with Gasteiger partial charge in [0.15, 0.2) is 11.4 Å². The summed E-state index contributed by atoms with van der Waals surface area (Å²) in [7, 11) is 0. The van der Waals surface area contributed by atoms with Crippen LogP contribution in [0.2, 0.25) is 0 Å². The van der Waals surface area contributed by atoms with E-state index < -0.39 is 41.2 Å². The molecular weight excluding hydrogens is 408 g/mol. The molecule has 3 aliphatic rings. The Hall–Kier alpha value is -3.23. The number of hydrogen-bond acceptors (Lipinski definition) is 4. The largest absolute Gasteiger partial charge is 0.503 e. The number of amides is 2. The molecule has 31 heavy (non-hydrogen) atoms. The highest BCUT2D eigenvalue weighted by atomic mass is 19.1. The van der Waals surface area contributed by atoms with Crippen molar-refractivity contribution >= 4 is 11.8 Å². The number of fused-ring (bicyclic) bond motifs is 6. The van der Waals surface area contributed by atoms with Crippen molar-refractivity contribution in [1.82, 2.24) is 14.8 Å². The molecule has 2 bridgehead atoms. The van der Waals surface area contributed by atoms with Crippen LogP contribution in [0.15, 0.2) is 23.1 Å². The van der Waals surface area contributed by atoms with Crippen molar-refractivity contribution < 1.29 is 23.5 Å². The highest BCUT2D eigenvalue weighted by Gasteiger charge is 2.51. The molecule has 5 rings (SSSR count). The number of aromatic hydroxyl groups is 1. The van der Waals surface area contributed by atoms with Crippen LogP contribution in [-0.2, 0) is 13.1 Å². The van der Waals surface area contributed by atoms with Crippen LogP contribution in [0.1, 0.15) is 51.2 Å². The van der Waals surface area contributed by atoms with Crippen molar-refractivity contribution in [2.45, 2.75) is 51.4 Å². The first kappa shape index (κ1) is 19.7. The lowest BCUT2D eigenvalue weighted by Gasteiger charge is -2.40. The number of aromatic nitrogens is 1. The van der Waals surface area contributed by atoms with Gasteiger partial charge in [-0.15, -0.1) is 0 Å². The number of halogens is 2. The standard InChI is InChI=1S/C22H21F2N3O4/c1-10-2-5-15(23)13(17(10)24)7-25-21(30)14-8-26-9-16-11-3-4-12(6-11)27(16)22(31)18(26)20(29)19(14)28/h2,5,8,11-12,16,29H,3-4,6-7,9H2,1H3,(H,25,30)/t11-,12+,16+/m1/s1. The van der Waals surface area contributed by atoms with Crippen LogP contribution in [0.25, 0.3) is 0 Å². The Morgan fingerprint density at radius 3 is 2.81 bits per heavy atom. The van der Waals surface area contributed by atoms with E-state index in [9.17, 15) is 28.3 Å². The molecule has 2 fully saturated rings. The number of piperidine rings is 1. The van der Waals surface area contributed by atoms with E-state index in [2.05, 4.69) is 5.32 Å². The van der Waals surface area contributed by atoms with Gasteiger partial charge >= 0.3 is 0 Å². The zero-order chi connectivity index (χ0) is 22.0. The molecule has 2 amide bonds. The number of nitrogens with zero attached hydrogens (tertiary/aromatic N) is 2. The second-order valence-electron chi connectivity index (χ2n) is 8.57. The predicted octanol–water partition coefficient (Wildman–Crippen LogP) is 2.08. The smallest absolute Gasteiger partial charge is 0.275 e. The Morgan fingerprint density at radius 1 is 1.26 bits per heavy atom. The molecule has 1 aliphatic carbocycles. The number of aryl methyl sites for hydroxylation is 1. The normalized spacial score (nSPS) is 23.6. The number of hydrogen-bond donors (Lipinski definition) is 2. The van der Waals surface area contributed by atoms with Gasteiger partial charge in [-0.3, -0.25) is 14.4 Å². The quantitative estimate of drug-likeness (QED) is 0.782. The minimum absolute atomic E-state index is 0.0213. The fourth-order valence-electron chi connectivity index (χ4n) is 5.29. The molecule has 1 saturated heterocycles. The van der Waals surface area contributed by atoms with Gasteiger partial charge in [-0.1, -0.05) is 6.07 Å². The molecule has 2 aromatic rings. The highest BCUT2D eigenvalue weighted by Crippen LogP contribution is 2.45. The zero-order valence-corrected chi connectivity index (χ0v) is 16.8. The molecule has 162 valence electrons. The van der Waals surface area contributed by atoms with Gasteiger partial charge in [0.25, 0.3) is 11.8 Å².